The van der Waals surface area contributed by atoms with Crippen molar-refractivity contribution in [2.75, 3.05) is 25.4 Å². The Bertz CT molecular complexity index is 1010. The number of fused-ring (bicyclic) bond motifs is 1. The summed E-state index contributed by atoms with van der Waals surface area (Å²) in [5.41, 5.74) is 12.5. The summed E-state index contributed by atoms with van der Waals surface area (Å²) in [5, 5.41) is 0. The van der Waals surface area contributed by atoms with Crippen molar-refractivity contribution in [2.24, 2.45) is 0 Å². The van der Waals surface area contributed by atoms with Crippen molar-refractivity contribution in [1.82, 2.24) is 4.90 Å². The van der Waals surface area contributed by atoms with Crippen LogP contribution in [0.4, 0.5) is 5.69 Å². The predicted octanol–water partition coefficient (Wildman–Crippen LogP) is 8.42. The average Bonchev–Trinajstić information content (AvgIpc) is 2.93. The van der Waals surface area contributed by atoms with E-state index in [-0.39, 0.29) is 0 Å². The highest BCUT2D eigenvalue weighted by Crippen LogP contribution is 2.34. The van der Waals surface area contributed by atoms with Crippen molar-refractivity contribution < 1.29 is 4.74 Å². The highest BCUT2D eigenvalue weighted by Gasteiger charge is 2.27. The maximum atomic E-state index is 6.08. The van der Waals surface area contributed by atoms with Crippen LogP contribution in [0.3, 0.4) is 0 Å². The van der Waals surface area contributed by atoms with Gasteiger partial charge in [0.25, 0.3) is 0 Å². The van der Waals surface area contributed by atoms with E-state index in [4.69, 9.17) is 10.5 Å². The van der Waals surface area contributed by atoms with E-state index in [1.807, 2.05) is 6.07 Å². The molecule has 0 saturated carbocycles. The Balaban J connectivity index is 0.000000479. The quantitative estimate of drug-likeness (QED) is 0.200. The van der Waals surface area contributed by atoms with Crippen molar-refractivity contribution in [1.29, 1.82) is 0 Å². The fraction of sp³-hybridized carbons (Fsp3) is 0.471. The van der Waals surface area contributed by atoms with Crippen LogP contribution in [-0.2, 0) is 19.3 Å². The van der Waals surface area contributed by atoms with Gasteiger partial charge in [-0.15, -0.1) is 0 Å². The zero-order chi connectivity index (χ0) is 26.3. The third kappa shape index (κ3) is 9.55. The highest BCUT2D eigenvalue weighted by atomic mass is 16.5. The molecule has 3 heteroatoms. The lowest BCUT2D eigenvalue weighted by atomic mass is 9.88. The summed E-state index contributed by atoms with van der Waals surface area (Å²) in [6.07, 6.45) is 11.2. The Morgan fingerprint density at radius 2 is 1.54 bits per heavy atom. The Labute approximate surface area is 226 Å². The molecule has 3 nitrogen and oxygen atoms in total. The molecule has 1 aliphatic heterocycles. The van der Waals surface area contributed by atoms with Crippen molar-refractivity contribution in [2.45, 2.75) is 84.6 Å². The molecule has 1 aliphatic rings. The van der Waals surface area contributed by atoms with Crippen LogP contribution in [-0.4, -0.2) is 24.6 Å². The lowest BCUT2D eigenvalue weighted by Gasteiger charge is -2.38. The summed E-state index contributed by atoms with van der Waals surface area (Å²) < 4.78 is 5.75. The molecule has 200 valence electrons. The van der Waals surface area contributed by atoms with Crippen LogP contribution in [0.25, 0.3) is 0 Å². The molecule has 3 aromatic carbocycles. The minimum Gasteiger partial charge on any atom is -0.494 e. The molecule has 0 aromatic heterocycles. The molecular formula is C34H48N2O. The number of ether oxygens (including phenoxy) is 1. The first kappa shape index (κ1) is 28.8. The highest BCUT2D eigenvalue weighted by molar-refractivity contribution is 5.47. The van der Waals surface area contributed by atoms with E-state index in [1.54, 1.807) is 0 Å². The van der Waals surface area contributed by atoms with E-state index < -0.39 is 0 Å². The maximum Gasteiger partial charge on any atom is 0.119 e. The summed E-state index contributed by atoms with van der Waals surface area (Å²) in [6, 6.07) is 26.3. The standard InChI is InChI=1S/C27H32N2O.C7H16/c1-2-18-30-25-11-8-22(9-12-25)19-27-26-13-10-24(28)20-23(26)15-17-29(27)16-14-21-6-4-3-5-7-21;1-3-5-7-6-4-2/h3-13,20,27H,2,14-19,28H2,1H3;3-7H2,1-2H3. The number of benzene rings is 3. The van der Waals surface area contributed by atoms with Crippen molar-refractivity contribution in [3.63, 3.8) is 0 Å². The maximum absolute atomic E-state index is 6.08. The largest absolute Gasteiger partial charge is 0.494 e. The summed E-state index contributed by atoms with van der Waals surface area (Å²) >= 11 is 0. The molecule has 1 unspecified atom stereocenters. The molecule has 0 spiro atoms. The number of hydrogen-bond acceptors (Lipinski definition) is 3. The van der Waals surface area contributed by atoms with Gasteiger partial charge in [-0.05, 0) is 72.2 Å². The van der Waals surface area contributed by atoms with E-state index in [9.17, 15) is 0 Å². The normalized spacial score (nSPS) is 14.9. The van der Waals surface area contributed by atoms with Crippen LogP contribution in [0.15, 0.2) is 72.8 Å². The van der Waals surface area contributed by atoms with Gasteiger partial charge < -0.3 is 10.5 Å². The third-order valence-corrected chi connectivity index (χ3v) is 7.20. The van der Waals surface area contributed by atoms with Gasteiger partial charge in [0.15, 0.2) is 0 Å². The number of unbranched alkanes of at least 4 members (excludes halogenated alkanes) is 4. The van der Waals surface area contributed by atoms with Gasteiger partial charge in [0.1, 0.15) is 5.75 Å². The first-order valence-corrected chi connectivity index (χ1v) is 14.5. The van der Waals surface area contributed by atoms with Gasteiger partial charge in [0.2, 0.25) is 0 Å². The van der Waals surface area contributed by atoms with Crippen LogP contribution in [0.5, 0.6) is 5.75 Å². The van der Waals surface area contributed by atoms with E-state index >= 15 is 0 Å². The number of nitrogen functional groups attached to an aromatic ring is 1. The molecule has 0 radical (unpaired) electrons. The molecule has 4 rings (SSSR count). The molecule has 1 heterocycles. The number of anilines is 1. The Kier molecular flexibility index (Phi) is 12.6. The molecule has 0 aliphatic carbocycles. The second kappa shape index (κ2) is 16.1. The van der Waals surface area contributed by atoms with Gasteiger partial charge in [0, 0.05) is 24.8 Å². The van der Waals surface area contributed by atoms with Crippen LogP contribution in [0.2, 0.25) is 0 Å². The van der Waals surface area contributed by atoms with E-state index in [1.165, 1.54) is 54.4 Å². The fourth-order valence-corrected chi connectivity index (χ4v) is 5.05. The van der Waals surface area contributed by atoms with Crippen molar-refractivity contribution >= 4 is 5.69 Å². The lowest BCUT2D eigenvalue weighted by molar-refractivity contribution is 0.186. The zero-order valence-corrected chi connectivity index (χ0v) is 23.4. The molecule has 3 aromatic rings. The number of rotatable bonds is 12. The molecule has 37 heavy (non-hydrogen) atoms. The Morgan fingerprint density at radius 3 is 2.22 bits per heavy atom. The third-order valence-electron chi connectivity index (χ3n) is 7.20. The Morgan fingerprint density at radius 1 is 0.811 bits per heavy atom. The van der Waals surface area contributed by atoms with Crippen LogP contribution >= 0.6 is 0 Å². The van der Waals surface area contributed by atoms with Crippen LogP contribution in [0.1, 0.15) is 87.6 Å². The predicted molar refractivity (Wildman–Crippen MR) is 159 cm³/mol. The van der Waals surface area contributed by atoms with Gasteiger partial charge in [-0.1, -0.05) is 101 Å². The summed E-state index contributed by atoms with van der Waals surface area (Å²) in [4.78, 5) is 2.65. The fourth-order valence-electron chi connectivity index (χ4n) is 5.05. The summed E-state index contributed by atoms with van der Waals surface area (Å²) in [6.45, 7) is 9.53. The SMILES string of the molecule is CCCCCCC.CCCOc1ccc(CC2c3ccc(N)cc3CCN2CCc2ccccc2)cc1. The Hall–Kier alpha value is -2.78. The minimum absolute atomic E-state index is 0.375. The zero-order valence-electron chi connectivity index (χ0n) is 23.4. The van der Waals surface area contributed by atoms with Gasteiger partial charge >= 0.3 is 0 Å². The van der Waals surface area contributed by atoms with Gasteiger partial charge in [-0.2, -0.15) is 0 Å². The molecule has 2 N–H and O–H groups in total. The molecule has 0 saturated heterocycles. The first-order valence-electron chi connectivity index (χ1n) is 14.5. The number of nitrogens with two attached hydrogens (primary N) is 1. The smallest absolute Gasteiger partial charge is 0.119 e. The van der Waals surface area contributed by atoms with Crippen LogP contribution < -0.4 is 10.5 Å². The van der Waals surface area contributed by atoms with E-state index in [0.717, 1.165) is 56.8 Å². The topological polar surface area (TPSA) is 38.5 Å². The lowest BCUT2D eigenvalue weighted by Crippen LogP contribution is -2.38. The number of nitrogens with zero attached hydrogens (tertiary/aromatic N) is 1. The van der Waals surface area contributed by atoms with Crippen LogP contribution in [0, 0.1) is 0 Å². The van der Waals surface area contributed by atoms with E-state index in [0.29, 0.717) is 6.04 Å². The van der Waals surface area contributed by atoms with E-state index in [2.05, 4.69) is 92.4 Å². The first-order chi connectivity index (χ1) is 18.1. The summed E-state index contributed by atoms with van der Waals surface area (Å²) in [7, 11) is 0. The second-order valence-electron chi connectivity index (χ2n) is 10.3. The average molecular weight is 501 g/mol. The van der Waals surface area contributed by atoms with Gasteiger partial charge in [0.05, 0.1) is 6.61 Å². The molecule has 1 atom stereocenters. The van der Waals surface area contributed by atoms with Gasteiger partial charge in [-0.25, -0.2) is 0 Å². The van der Waals surface area contributed by atoms with Gasteiger partial charge in [-0.3, -0.25) is 4.90 Å². The minimum atomic E-state index is 0.375. The summed E-state index contributed by atoms with van der Waals surface area (Å²) in [5.74, 6) is 0.957. The molecule has 0 fully saturated rings. The molecular weight excluding hydrogens is 452 g/mol. The second-order valence-corrected chi connectivity index (χ2v) is 10.3. The van der Waals surface area contributed by atoms with Crippen molar-refractivity contribution in [3.05, 3.63) is 95.1 Å². The molecule has 0 bridgehead atoms. The monoisotopic (exact) mass is 500 g/mol. The number of hydrogen-bond donors (Lipinski definition) is 1. The van der Waals surface area contributed by atoms with Crippen molar-refractivity contribution in [3.8, 4) is 5.75 Å². The molecule has 0 amide bonds.